The summed E-state index contributed by atoms with van der Waals surface area (Å²) in [6.07, 6.45) is 3.42. The summed E-state index contributed by atoms with van der Waals surface area (Å²) in [5, 5.41) is 7.18. The lowest BCUT2D eigenvalue weighted by Gasteiger charge is -2.18. The average Bonchev–Trinajstić information content (AvgIpc) is 2.51. The molecule has 0 heterocycles. The molecule has 22 heavy (non-hydrogen) atoms. The van der Waals surface area contributed by atoms with Crippen LogP contribution in [0.2, 0.25) is 0 Å². The number of nitrogens with zero attached hydrogens (tertiary/aromatic N) is 2. The van der Waals surface area contributed by atoms with E-state index in [1.807, 2.05) is 0 Å². The van der Waals surface area contributed by atoms with Gasteiger partial charge in [-0.25, -0.2) is 0 Å². The predicted octanol–water partition coefficient (Wildman–Crippen LogP) is 1.81. The van der Waals surface area contributed by atoms with Crippen molar-refractivity contribution in [2.24, 2.45) is 21.7 Å². The van der Waals surface area contributed by atoms with Crippen LogP contribution in [0, 0.1) is 0 Å². The fraction of sp³-hybridized carbons (Fsp3) is 0.250. The first-order valence-corrected chi connectivity index (χ1v) is 7.01. The molecule has 0 aliphatic heterocycles. The second-order valence-corrected chi connectivity index (χ2v) is 5.02. The number of benzene rings is 1. The Balaban J connectivity index is 2.07. The lowest BCUT2D eigenvalue weighted by atomic mass is 9.83. The molecule has 1 aromatic carbocycles. The summed E-state index contributed by atoms with van der Waals surface area (Å²) in [7, 11) is 0. The number of ketones is 2. The molecule has 0 radical (unpaired) electrons. The first kappa shape index (κ1) is 15.6. The van der Waals surface area contributed by atoms with E-state index in [2.05, 4.69) is 10.2 Å². The largest absolute Gasteiger partial charge is 0.369 e. The molecule has 6 nitrogen and oxygen atoms in total. The van der Waals surface area contributed by atoms with Crippen molar-refractivity contribution in [3.63, 3.8) is 0 Å². The van der Waals surface area contributed by atoms with Gasteiger partial charge in [-0.3, -0.25) is 9.59 Å². The number of carbonyl (C=O) groups is 2. The lowest BCUT2D eigenvalue weighted by molar-refractivity contribution is 0.0971. The maximum atomic E-state index is 12.5. The van der Waals surface area contributed by atoms with Crippen LogP contribution in [-0.2, 0) is 0 Å². The first-order valence-electron chi connectivity index (χ1n) is 7.01. The third kappa shape index (κ3) is 3.28. The number of rotatable bonds is 5. The van der Waals surface area contributed by atoms with Gasteiger partial charge >= 0.3 is 0 Å². The van der Waals surface area contributed by atoms with Crippen molar-refractivity contribution in [1.82, 2.24) is 0 Å². The fourth-order valence-corrected chi connectivity index (χ4v) is 2.39. The summed E-state index contributed by atoms with van der Waals surface area (Å²) in [6.45, 7) is 1.71. The van der Waals surface area contributed by atoms with E-state index in [-0.39, 0.29) is 17.5 Å². The number of hydrogen-bond donors (Lipinski definition) is 2. The van der Waals surface area contributed by atoms with Crippen LogP contribution in [0.5, 0.6) is 0 Å². The maximum Gasteiger partial charge on any atom is 0.211 e. The van der Waals surface area contributed by atoms with Crippen molar-refractivity contribution < 1.29 is 9.59 Å². The van der Waals surface area contributed by atoms with Gasteiger partial charge in [0.2, 0.25) is 5.96 Å². The average molecular weight is 298 g/mol. The Labute approximate surface area is 128 Å². The smallest absolute Gasteiger partial charge is 0.211 e. The molecule has 1 aromatic rings. The number of fused-ring (bicyclic) bond motifs is 1. The van der Waals surface area contributed by atoms with Gasteiger partial charge in [0.15, 0.2) is 11.6 Å². The predicted molar refractivity (Wildman–Crippen MR) is 86.0 cm³/mol. The highest BCUT2D eigenvalue weighted by atomic mass is 16.1. The zero-order valence-electron chi connectivity index (χ0n) is 12.4. The van der Waals surface area contributed by atoms with Crippen LogP contribution in [0.4, 0.5) is 0 Å². The van der Waals surface area contributed by atoms with Gasteiger partial charge in [-0.05, 0) is 26.2 Å². The van der Waals surface area contributed by atoms with Gasteiger partial charge < -0.3 is 11.5 Å². The van der Waals surface area contributed by atoms with Crippen LogP contribution >= 0.6 is 0 Å². The van der Waals surface area contributed by atoms with Gasteiger partial charge in [0.1, 0.15) is 0 Å². The Bertz CT molecular complexity index is 698. The Morgan fingerprint density at radius 1 is 1.14 bits per heavy atom. The van der Waals surface area contributed by atoms with Gasteiger partial charge in [0.25, 0.3) is 0 Å². The highest BCUT2D eigenvalue weighted by Gasteiger charge is 2.28. The molecule has 4 N–H and O–H groups in total. The zero-order chi connectivity index (χ0) is 16.1. The Morgan fingerprint density at radius 3 is 2.41 bits per heavy atom. The van der Waals surface area contributed by atoms with Gasteiger partial charge in [0, 0.05) is 28.5 Å². The topological polar surface area (TPSA) is 111 Å². The molecule has 6 heteroatoms. The molecule has 0 aromatic heterocycles. The van der Waals surface area contributed by atoms with E-state index in [0.29, 0.717) is 41.5 Å². The highest BCUT2D eigenvalue weighted by molar-refractivity contribution is 6.26. The summed E-state index contributed by atoms with van der Waals surface area (Å²) < 4.78 is 0. The van der Waals surface area contributed by atoms with E-state index in [0.717, 1.165) is 0 Å². The molecule has 0 saturated carbocycles. The minimum Gasteiger partial charge on any atom is -0.369 e. The molecule has 2 rings (SSSR count). The monoisotopic (exact) mass is 298 g/mol. The molecule has 0 spiro atoms. The zero-order valence-corrected chi connectivity index (χ0v) is 12.4. The van der Waals surface area contributed by atoms with Crippen LogP contribution in [0.15, 0.2) is 45.6 Å². The fourth-order valence-electron chi connectivity index (χ4n) is 2.39. The Hall–Kier alpha value is -2.76. The molecule has 1 aliphatic carbocycles. The number of carbonyl (C=O) groups excluding carboxylic acids is 2. The number of hydrogen-bond acceptors (Lipinski definition) is 4. The van der Waals surface area contributed by atoms with Crippen LogP contribution < -0.4 is 11.5 Å². The molecule has 114 valence electrons. The molecule has 1 aliphatic rings. The van der Waals surface area contributed by atoms with E-state index in [9.17, 15) is 9.59 Å². The van der Waals surface area contributed by atoms with E-state index < -0.39 is 0 Å². The van der Waals surface area contributed by atoms with Gasteiger partial charge in [-0.2, -0.15) is 5.10 Å². The molecule has 0 amide bonds. The van der Waals surface area contributed by atoms with Gasteiger partial charge in [0.05, 0.1) is 0 Å². The van der Waals surface area contributed by atoms with Crippen molar-refractivity contribution in [1.29, 1.82) is 0 Å². The summed E-state index contributed by atoms with van der Waals surface area (Å²) in [6, 6.07) is 6.92. The highest BCUT2D eigenvalue weighted by Crippen LogP contribution is 2.28. The van der Waals surface area contributed by atoms with E-state index in [1.54, 1.807) is 37.4 Å². The quantitative estimate of drug-likeness (QED) is 0.373. The summed E-state index contributed by atoms with van der Waals surface area (Å²) in [5.74, 6) is -0.229. The molecule has 0 unspecified atom stereocenters. The van der Waals surface area contributed by atoms with E-state index in [1.165, 1.54) is 0 Å². The molecular weight excluding hydrogens is 280 g/mol. The second kappa shape index (κ2) is 6.80. The SMILES string of the molecule is CC1=C(CCCC=NN=C(N)N)C(=O)c2ccccc2C1=O. The Morgan fingerprint density at radius 2 is 1.77 bits per heavy atom. The minimum atomic E-state index is -0.0977. The molecule has 0 bridgehead atoms. The van der Waals surface area contributed by atoms with Crippen LogP contribution in [0.25, 0.3) is 0 Å². The summed E-state index contributed by atoms with van der Waals surface area (Å²) in [5.41, 5.74) is 12.4. The van der Waals surface area contributed by atoms with Crippen LogP contribution in [-0.4, -0.2) is 23.7 Å². The van der Waals surface area contributed by atoms with Crippen molar-refractivity contribution in [2.75, 3.05) is 0 Å². The van der Waals surface area contributed by atoms with E-state index >= 15 is 0 Å². The third-order valence-corrected chi connectivity index (χ3v) is 3.50. The number of guanidine groups is 1. The normalized spacial score (nSPS) is 14.4. The number of Topliss-reactive ketones (excluding diaryl/α,β-unsaturated/α-hetero) is 2. The Kier molecular flexibility index (Phi) is 4.83. The number of allylic oxidation sites excluding steroid dienone is 2. The minimum absolute atomic E-state index is 0.0612. The van der Waals surface area contributed by atoms with Crippen molar-refractivity contribution in [3.05, 3.63) is 46.5 Å². The lowest BCUT2D eigenvalue weighted by Crippen LogP contribution is -2.21. The standard InChI is InChI=1S/C16H18N4O2/c1-10-11(6-4-5-9-19-20-16(17)18)15(22)13-8-3-2-7-12(13)14(10)21/h2-3,7-9H,4-6H2,1H3,(H4,17,18,20). The van der Waals surface area contributed by atoms with Crippen molar-refractivity contribution in [2.45, 2.75) is 26.2 Å². The second-order valence-electron chi connectivity index (χ2n) is 5.02. The number of nitrogens with two attached hydrogens (primary N) is 2. The van der Waals surface area contributed by atoms with Crippen molar-refractivity contribution in [3.8, 4) is 0 Å². The molecular formula is C16H18N4O2. The van der Waals surface area contributed by atoms with Gasteiger partial charge in [-0.15, -0.1) is 5.10 Å². The molecule has 0 saturated heterocycles. The first-order chi connectivity index (χ1) is 10.5. The van der Waals surface area contributed by atoms with Crippen LogP contribution in [0.1, 0.15) is 46.9 Å². The summed E-state index contributed by atoms with van der Waals surface area (Å²) in [4.78, 5) is 24.8. The number of unbranched alkanes of at least 4 members (excludes halogenated alkanes) is 1. The molecule has 0 atom stereocenters. The molecule has 0 fully saturated rings. The van der Waals surface area contributed by atoms with Gasteiger partial charge in [-0.1, -0.05) is 24.3 Å². The van der Waals surface area contributed by atoms with Crippen molar-refractivity contribution >= 4 is 23.7 Å². The third-order valence-electron chi connectivity index (χ3n) is 3.50. The van der Waals surface area contributed by atoms with E-state index in [4.69, 9.17) is 11.5 Å². The summed E-state index contributed by atoms with van der Waals surface area (Å²) >= 11 is 0. The maximum absolute atomic E-state index is 12.5. The van der Waals surface area contributed by atoms with Crippen LogP contribution in [0.3, 0.4) is 0 Å².